The van der Waals surface area contributed by atoms with Crippen molar-refractivity contribution in [3.63, 3.8) is 0 Å². The Morgan fingerprint density at radius 2 is 1.94 bits per heavy atom. The van der Waals surface area contributed by atoms with Gasteiger partial charge in [-0.15, -0.1) is 0 Å². The summed E-state index contributed by atoms with van der Waals surface area (Å²) in [6, 6.07) is 9.96. The van der Waals surface area contributed by atoms with Crippen molar-refractivity contribution in [3.8, 4) is 11.8 Å². The number of rotatable bonds is 3. The normalized spacial score (nSPS) is 21.1. The average molecular weight is 457 g/mol. The molecule has 0 saturated carbocycles. The monoisotopic (exact) mass is 457 g/mol. The largest absolute Gasteiger partial charge is 0.490 e. The Kier molecular flexibility index (Phi) is 5.74. The third kappa shape index (κ3) is 4.35. The van der Waals surface area contributed by atoms with Gasteiger partial charge in [-0.1, -0.05) is 13.0 Å². The van der Waals surface area contributed by atoms with E-state index in [1.54, 1.807) is 19.2 Å². The van der Waals surface area contributed by atoms with Crippen molar-refractivity contribution in [3.05, 3.63) is 58.1 Å². The number of aryl methyl sites for hydroxylation is 1. The number of hydrogen-bond acceptors (Lipinski definition) is 6. The third-order valence-corrected chi connectivity index (χ3v) is 6.00. The number of benzene rings is 1. The van der Waals surface area contributed by atoms with E-state index in [4.69, 9.17) is 4.74 Å². The summed E-state index contributed by atoms with van der Waals surface area (Å²) in [6.45, 7) is 4.33. The molecule has 4 rings (SSSR count). The van der Waals surface area contributed by atoms with Gasteiger partial charge >= 0.3 is 11.9 Å². The van der Waals surface area contributed by atoms with E-state index in [9.17, 15) is 23.2 Å². The maximum absolute atomic E-state index is 13.0. The van der Waals surface area contributed by atoms with Crippen molar-refractivity contribution in [1.82, 2.24) is 14.5 Å². The Hall–Kier alpha value is -3.61. The number of nitrogens with zero attached hydrogens (tertiary/aromatic N) is 5. The van der Waals surface area contributed by atoms with Gasteiger partial charge in [-0.25, -0.2) is 9.78 Å². The third-order valence-electron chi connectivity index (χ3n) is 6.00. The number of ether oxygens (including phenoxy) is 1. The molecule has 0 N–H and O–H groups in total. The number of alkyl halides is 3. The molecule has 10 heteroatoms. The van der Waals surface area contributed by atoms with Gasteiger partial charge in [0, 0.05) is 32.0 Å². The van der Waals surface area contributed by atoms with Crippen LogP contribution in [0.15, 0.2) is 41.2 Å². The van der Waals surface area contributed by atoms with E-state index in [1.165, 1.54) is 16.7 Å². The zero-order valence-electron chi connectivity index (χ0n) is 18.3. The molecule has 1 saturated heterocycles. The Balaban J connectivity index is 1.63. The predicted octanol–water partition coefficient (Wildman–Crippen LogP) is 3.90. The molecule has 1 unspecified atom stereocenters. The van der Waals surface area contributed by atoms with Crippen LogP contribution in [0.1, 0.15) is 31.5 Å². The highest BCUT2D eigenvalue weighted by molar-refractivity contribution is 5.86. The number of nitriles is 1. The van der Waals surface area contributed by atoms with Crippen molar-refractivity contribution in [1.29, 1.82) is 5.26 Å². The van der Waals surface area contributed by atoms with E-state index in [1.807, 2.05) is 24.8 Å². The van der Waals surface area contributed by atoms with Gasteiger partial charge in [0.1, 0.15) is 29.1 Å². The van der Waals surface area contributed by atoms with Crippen LogP contribution in [0.4, 0.5) is 19.0 Å². The molecule has 0 bridgehead atoms. The van der Waals surface area contributed by atoms with Gasteiger partial charge in [-0.3, -0.25) is 4.57 Å². The fourth-order valence-corrected chi connectivity index (χ4v) is 4.15. The summed E-state index contributed by atoms with van der Waals surface area (Å²) in [5.74, 6) is 0.484. The summed E-state index contributed by atoms with van der Waals surface area (Å²) in [5, 5.41) is 9.26. The summed E-state index contributed by atoms with van der Waals surface area (Å²) in [7, 11) is 1.59. The number of pyridine rings is 1. The zero-order chi connectivity index (χ0) is 23.9. The van der Waals surface area contributed by atoms with E-state index < -0.39 is 17.4 Å². The molecule has 3 atom stereocenters. The molecule has 1 fully saturated rings. The van der Waals surface area contributed by atoms with Gasteiger partial charge in [0.15, 0.2) is 5.82 Å². The number of aromatic nitrogens is 3. The van der Waals surface area contributed by atoms with Gasteiger partial charge < -0.3 is 9.64 Å². The SMILES string of the molecule is C[C@H]1CN(c2nc(=O)n(C)c3ccc(C#N)nc23)[C@@H](C)CC1Oc1cccc(C(F)(F)F)c1. The molecule has 0 radical (unpaired) electrons. The Bertz CT molecular complexity index is 1300. The molecule has 1 aromatic carbocycles. The van der Waals surface area contributed by atoms with E-state index in [0.29, 0.717) is 29.8 Å². The van der Waals surface area contributed by atoms with E-state index >= 15 is 0 Å². The van der Waals surface area contributed by atoms with Gasteiger partial charge in [0.2, 0.25) is 0 Å². The molecule has 3 heterocycles. The minimum Gasteiger partial charge on any atom is -0.490 e. The van der Waals surface area contributed by atoms with Crippen LogP contribution >= 0.6 is 0 Å². The van der Waals surface area contributed by atoms with Gasteiger partial charge in [0.25, 0.3) is 0 Å². The number of anilines is 1. The highest BCUT2D eigenvalue weighted by Gasteiger charge is 2.35. The standard InChI is InChI=1S/C23H22F3N5O2/c1-13-12-31(21-20-18(30(3)22(32)29-21)8-7-16(11-27)28-20)14(2)9-19(13)33-17-6-4-5-15(10-17)23(24,25)26/h4-8,10,13-14,19H,9,12H2,1-3H3/t13-,14-,19?/m0/s1. The number of piperidine rings is 1. The Morgan fingerprint density at radius 1 is 1.18 bits per heavy atom. The second-order valence-electron chi connectivity index (χ2n) is 8.35. The van der Waals surface area contributed by atoms with Gasteiger partial charge in [-0.2, -0.15) is 23.4 Å². The van der Waals surface area contributed by atoms with Gasteiger partial charge in [-0.05, 0) is 37.3 Å². The summed E-state index contributed by atoms with van der Waals surface area (Å²) >= 11 is 0. The lowest BCUT2D eigenvalue weighted by atomic mass is 9.91. The molecular weight excluding hydrogens is 435 g/mol. The van der Waals surface area contributed by atoms with Crippen molar-refractivity contribution in [2.45, 2.75) is 38.6 Å². The van der Waals surface area contributed by atoms with Crippen LogP contribution in [0.3, 0.4) is 0 Å². The highest BCUT2D eigenvalue weighted by Crippen LogP contribution is 2.34. The Morgan fingerprint density at radius 3 is 2.64 bits per heavy atom. The maximum Gasteiger partial charge on any atom is 0.416 e. The molecule has 7 nitrogen and oxygen atoms in total. The first-order valence-electron chi connectivity index (χ1n) is 10.5. The molecule has 2 aromatic heterocycles. The molecular formula is C23H22F3N5O2. The van der Waals surface area contributed by atoms with E-state index in [0.717, 1.165) is 12.1 Å². The van der Waals surface area contributed by atoms with E-state index in [-0.39, 0.29) is 29.5 Å². The lowest BCUT2D eigenvalue weighted by Crippen LogP contribution is -2.50. The molecule has 0 spiro atoms. The highest BCUT2D eigenvalue weighted by atomic mass is 19.4. The second-order valence-corrected chi connectivity index (χ2v) is 8.35. The van der Waals surface area contributed by atoms with Crippen molar-refractivity contribution >= 4 is 16.9 Å². The summed E-state index contributed by atoms with van der Waals surface area (Å²) in [5.41, 5.74) is 0.0332. The van der Waals surface area contributed by atoms with Crippen molar-refractivity contribution in [2.75, 3.05) is 11.4 Å². The summed E-state index contributed by atoms with van der Waals surface area (Å²) in [6.07, 6.45) is -4.25. The first kappa shape index (κ1) is 22.6. The molecule has 0 amide bonds. The molecule has 33 heavy (non-hydrogen) atoms. The first-order chi connectivity index (χ1) is 15.6. The smallest absolute Gasteiger partial charge is 0.416 e. The van der Waals surface area contributed by atoms with Crippen molar-refractivity contribution < 1.29 is 17.9 Å². The first-order valence-corrected chi connectivity index (χ1v) is 10.5. The van der Waals surface area contributed by atoms with Crippen LogP contribution in [-0.2, 0) is 13.2 Å². The molecule has 3 aromatic rings. The van der Waals surface area contributed by atoms with Gasteiger partial charge in [0.05, 0.1) is 11.1 Å². The number of fused-ring (bicyclic) bond motifs is 1. The second kappa shape index (κ2) is 8.39. The molecule has 0 aliphatic carbocycles. The maximum atomic E-state index is 13.0. The topological polar surface area (TPSA) is 84.0 Å². The number of hydrogen-bond donors (Lipinski definition) is 0. The molecule has 1 aliphatic heterocycles. The predicted molar refractivity (Wildman–Crippen MR) is 116 cm³/mol. The van der Waals surface area contributed by atoms with Crippen LogP contribution in [0.2, 0.25) is 0 Å². The van der Waals surface area contributed by atoms with Crippen LogP contribution in [0.5, 0.6) is 5.75 Å². The lowest BCUT2D eigenvalue weighted by molar-refractivity contribution is -0.137. The average Bonchev–Trinajstić information content (AvgIpc) is 2.78. The summed E-state index contributed by atoms with van der Waals surface area (Å²) in [4.78, 5) is 23.0. The minimum atomic E-state index is -4.44. The quantitative estimate of drug-likeness (QED) is 0.593. The minimum absolute atomic E-state index is 0.0733. The van der Waals surface area contributed by atoms with E-state index in [2.05, 4.69) is 9.97 Å². The fourth-order valence-electron chi connectivity index (χ4n) is 4.15. The van der Waals surface area contributed by atoms with Crippen molar-refractivity contribution in [2.24, 2.45) is 13.0 Å². The Labute approximate surface area is 188 Å². The van der Waals surface area contributed by atoms with Crippen LogP contribution < -0.4 is 15.3 Å². The van der Waals surface area contributed by atoms with Crippen LogP contribution in [0, 0.1) is 17.2 Å². The van der Waals surface area contributed by atoms with Crippen LogP contribution in [-0.4, -0.2) is 33.2 Å². The molecule has 1 aliphatic rings. The van der Waals surface area contributed by atoms with Crippen LogP contribution in [0.25, 0.3) is 11.0 Å². The zero-order valence-corrected chi connectivity index (χ0v) is 18.3. The summed E-state index contributed by atoms with van der Waals surface area (Å²) < 4.78 is 46.5. The lowest BCUT2D eigenvalue weighted by Gasteiger charge is -2.42. The molecule has 172 valence electrons. The fraction of sp³-hybridized carbons (Fsp3) is 0.391. The number of halogens is 3.